The van der Waals surface area contributed by atoms with E-state index >= 15 is 0 Å². The third-order valence-corrected chi connectivity index (χ3v) is 3.96. The smallest absolute Gasteiger partial charge is 0.162 e. The van der Waals surface area contributed by atoms with Crippen LogP contribution in [0.3, 0.4) is 0 Å². The molecule has 1 aromatic heterocycles. The molecule has 126 valence electrons. The van der Waals surface area contributed by atoms with Crippen LogP contribution in [0, 0.1) is 18.3 Å². The molecule has 2 aromatic carbocycles. The first-order valence-electron chi connectivity index (χ1n) is 7.59. The third kappa shape index (κ3) is 3.00. The number of anilines is 2. The van der Waals surface area contributed by atoms with Gasteiger partial charge in [-0.1, -0.05) is 0 Å². The van der Waals surface area contributed by atoms with Crippen molar-refractivity contribution < 1.29 is 14.6 Å². The predicted octanol–water partition coefficient (Wildman–Crippen LogP) is 3.88. The summed E-state index contributed by atoms with van der Waals surface area (Å²) in [5.74, 6) is 1.31. The largest absolute Gasteiger partial charge is 0.508 e. The standard InChI is InChI=1S/C19H17N3O3/c1-11-6-13(23)4-5-15(11)22-19-12(9-20)10-21-16-8-18(25-3)17(24-2)7-14(16)19/h4-8,10,23H,1-3H3,(H,21,22). The van der Waals surface area contributed by atoms with Gasteiger partial charge < -0.3 is 19.9 Å². The van der Waals surface area contributed by atoms with Crippen molar-refractivity contribution in [2.45, 2.75) is 6.92 Å². The van der Waals surface area contributed by atoms with Crippen LogP contribution in [0.4, 0.5) is 11.4 Å². The number of nitriles is 1. The molecule has 0 spiro atoms. The van der Waals surface area contributed by atoms with E-state index in [9.17, 15) is 10.4 Å². The van der Waals surface area contributed by atoms with Gasteiger partial charge in [0.25, 0.3) is 0 Å². The lowest BCUT2D eigenvalue weighted by atomic mass is 10.1. The van der Waals surface area contributed by atoms with Crippen LogP contribution in [0.2, 0.25) is 0 Å². The summed E-state index contributed by atoms with van der Waals surface area (Å²) in [6.45, 7) is 1.88. The van der Waals surface area contributed by atoms with Gasteiger partial charge in [-0.2, -0.15) is 5.26 Å². The second kappa shape index (κ2) is 6.57. The normalized spacial score (nSPS) is 10.3. The van der Waals surface area contributed by atoms with Gasteiger partial charge in [0.05, 0.1) is 31.0 Å². The molecule has 6 heteroatoms. The summed E-state index contributed by atoms with van der Waals surface area (Å²) < 4.78 is 10.7. The van der Waals surface area contributed by atoms with E-state index in [-0.39, 0.29) is 5.75 Å². The van der Waals surface area contributed by atoms with E-state index in [1.54, 1.807) is 44.6 Å². The molecule has 6 nitrogen and oxygen atoms in total. The maximum atomic E-state index is 9.58. The fourth-order valence-electron chi connectivity index (χ4n) is 2.66. The van der Waals surface area contributed by atoms with Crippen LogP contribution in [0.15, 0.2) is 36.5 Å². The number of phenolic OH excluding ortho intramolecular Hbond substituents is 1. The number of methoxy groups -OCH3 is 2. The highest BCUT2D eigenvalue weighted by atomic mass is 16.5. The summed E-state index contributed by atoms with van der Waals surface area (Å²) in [5, 5.41) is 23.1. The molecule has 2 N–H and O–H groups in total. The van der Waals surface area contributed by atoms with E-state index in [2.05, 4.69) is 16.4 Å². The van der Waals surface area contributed by atoms with Crippen LogP contribution in [0.1, 0.15) is 11.1 Å². The van der Waals surface area contributed by atoms with Crippen LogP contribution in [-0.2, 0) is 0 Å². The Hall–Kier alpha value is -3.46. The van der Waals surface area contributed by atoms with Crippen LogP contribution in [0.5, 0.6) is 17.2 Å². The van der Waals surface area contributed by atoms with E-state index in [1.165, 1.54) is 6.20 Å². The summed E-state index contributed by atoms with van der Waals surface area (Å²) in [6.07, 6.45) is 1.52. The number of benzene rings is 2. The first-order valence-corrected chi connectivity index (χ1v) is 7.59. The molecule has 0 bridgehead atoms. The van der Waals surface area contributed by atoms with Gasteiger partial charge in [0.1, 0.15) is 11.8 Å². The Morgan fingerprint density at radius 3 is 2.48 bits per heavy atom. The Morgan fingerprint density at radius 1 is 1.12 bits per heavy atom. The first kappa shape index (κ1) is 16.4. The summed E-state index contributed by atoms with van der Waals surface area (Å²) in [7, 11) is 3.12. The number of aromatic hydroxyl groups is 1. The first-order chi connectivity index (χ1) is 12.1. The zero-order valence-corrected chi connectivity index (χ0v) is 14.1. The molecule has 0 aliphatic rings. The molecule has 0 unspecified atom stereocenters. The van der Waals surface area contributed by atoms with Crippen LogP contribution < -0.4 is 14.8 Å². The number of ether oxygens (including phenoxy) is 2. The lowest BCUT2D eigenvalue weighted by molar-refractivity contribution is 0.356. The van der Waals surface area contributed by atoms with E-state index < -0.39 is 0 Å². The van der Waals surface area contributed by atoms with Crippen molar-refractivity contribution in [3.8, 4) is 23.3 Å². The van der Waals surface area contributed by atoms with Crippen molar-refractivity contribution in [1.29, 1.82) is 5.26 Å². The summed E-state index contributed by atoms with van der Waals surface area (Å²) in [4.78, 5) is 4.34. The van der Waals surface area contributed by atoms with E-state index in [0.717, 1.165) is 16.6 Å². The third-order valence-electron chi connectivity index (χ3n) is 3.96. The van der Waals surface area contributed by atoms with E-state index in [4.69, 9.17) is 9.47 Å². The highest BCUT2D eigenvalue weighted by Gasteiger charge is 2.14. The number of nitrogens with one attached hydrogen (secondary N) is 1. The number of aromatic nitrogens is 1. The maximum Gasteiger partial charge on any atom is 0.162 e. The average Bonchev–Trinajstić information content (AvgIpc) is 2.62. The molecule has 0 amide bonds. The molecule has 0 aliphatic carbocycles. The Morgan fingerprint density at radius 2 is 1.84 bits per heavy atom. The summed E-state index contributed by atoms with van der Waals surface area (Å²) >= 11 is 0. The number of hydrogen-bond acceptors (Lipinski definition) is 6. The maximum absolute atomic E-state index is 9.58. The zero-order chi connectivity index (χ0) is 18.0. The van der Waals surface area contributed by atoms with Gasteiger partial charge in [0, 0.05) is 23.3 Å². The quantitative estimate of drug-likeness (QED) is 0.704. The Labute approximate surface area is 145 Å². The minimum atomic E-state index is 0.189. The highest BCUT2D eigenvalue weighted by Crippen LogP contribution is 2.37. The Balaban J connectivity index is 2.22. The summed E-state index contributed by atoms with van der Waals surface area (Å²) in [6, 6.07) is 10.7. The van der Waals surface area contributed by atoms with Gasteiger partial charge in [0.15, 0.2) is 11.5 Å². The molecular formula is C19H17N3O3. The van der Waals surface area contributed by atoms with Gasteiger partial charge in [-0.3, -0.25) is 4.98 Å². The van der Waals surface area contributed by atoms with Crippen molar-refractivity contribution in [2.24, 2.45) is 0 Å². The molecule has 0 saturated heterocycles. The van der Waals surface area contributed by atoms with Gasteiger partial charge in [0.2, 0.25) is 0 Å². The minimum absolute atomic E-state index is 0.189. The topological polar surface area (TPSA) is 87.4 Å². The van der Waals surface area contributed by atoms with Crippen molar-refractivity contribution in [1.82, 2.24) is 4.98 Å². The summed E-state index contributed by atoms with van der Waals surface area (Å²) in [5.41, 5.74) is 3.36. The molecule has 0 saturated carbocycles. The van der Waals surface area contributed by atoms with Crippen molar-refractivity contribution >= 4 is 22.3 Å². The number of nitrogens with zero attached hydrogens (tertiary/aromatic N) is 2. The number of rotatable bonds is 4. The second-order valence-corrected chi connectivity index (χ2v) is 5.51. The second-order valence-electron chi connectivity index (χ2n) is 5.51. The molecule has 0 aliphatic heterocycles. The predicted molar refractivity (Wildman–Crippen MR) is 95.7 cm³/mol. The van der Waals surface area contributed by atoms with E-state index in [0.29, 0.717) is 28.3 Å². The number of fused-ring (bicyclic) bond motifs is 1. The fourth-order valence-corrected chi connectivity index (χ4v) is 2.66. The monoisotopic (exact) mass is 335 g/mol. The Kier molecular flexibility index (Phi) is 4.31. The molecule has 25 heavy (non-hydrogen) atoms. The van der Waals surface area contributed by atoms with Crippen molar-refractivity contribution in [3.05, 3.63) is 47.7 Å². The van der Waals surface area contributed by atoms with Crippen LogP contribution in [0.25, 0.3) is 10.9 Å². The lowest BCUT2D eigenvalue weighted by Crippen LogP contribution is -1.99. The SMILES string of the molecule is COc1cc2ncc(C#N)c(Nc3ccc(O)cc3C)c2cc1OC. The number of aryl methyl sites for hydroxylation is 1. The fraction of sp³-hybridized carbons (Fsp3) is 0.158. The number of phenols is 1. The molecule has 1 heterocycles. The zero-order valence-electron chi connectivity index (χ0n) is 14.1. The van der Waals surface area contributed by atoms with Gasteiger partial charge >= 0.3 is 0 Å². The molecule has 3 rings (SSSR count). The van der Waals surface area contributed by atoms with Crippen molar-refractivity contribution in [2.75, 3.05) is 19.5 Å². The van der Waals surface area contributed by atoms with Gasteiger partial charge in [-0.25, -0.2) is 0 Å². The molecular weight excluding hydrogens is 318 g/mol. The van der Waals surface area contributed by atoms with Crippen LogP contribution in [-0.4, -0.2) is 24.3 Å². The van der Waals surface area contributed by atoms with E-state index in [1.807, 2.05) is 6.92 Å². The van der Waals surface area contributed by atoms with Crippen molar-refractivity contribution in [3.63, 3.8) is 0 Å². The molecule has 3 aromatic rings. The highest BCUT2D eigenvalue weighted by molar-refractivity contribution is 5.97. The lowest BCUT2D eigenvalue weighted by Gasteiger charge is -2.15. The number of pyridine rings is 1. The molecule has 0 fully saturated rings. The average molecular weight is 335 g/mol. The Bertz CT molecular complexity index is 993. The minimum Gasteiger partial charge on any atom is -0.508 e. The van der Waals surface area contributed by atoms with Gasteiger partial charge in [-0.05, 0) is 36.8 Å². The molecule has 0 radical (unpaired) electrons. The number of hydrogen-bond donors (Lipinski definition) is 2. The molecule has 0 atom stereocenters. The van der Waals surface area contributed by atoms with Gasteiger partial charge in [-0.15, -0.1) is 0 Å². The van der Waals surface area contributed by atoms with Crippen LogP contribution >= 0.6 is 0 Å².